The quantitative estimate of drug-likeness (QED) is 0.763. The molecule has 1 aromatic rings. The zero-order valence-corrected chi connectivity index (χ0v) is 10.8. The monoisotopic (exact) mass is 245 g/mol. The molecule has 0 spiro atoms. The van der Waals surface area contributed by atoms with Crippen LogP contribution in [0.25, 0.3) is 0 Å². The van der Waals surface area contributed by atoms with Crippen molar-refractivity contribution in [3.05, 3.63) is 35.9 Å². The molecule has 3 aliphatic rings. The van der Waals surface area contributed by atoms with Crippen molar-refractivity contribution in [2.24, 2.45) is 0 Å². The summed E-state index contributed by atoms with van der Waals surface area (Å²) in [5.41, 5.74) is 1.47. The SMILES string of the molecule is c1ccc(C[N+]23CNCN4CN(CC4C2)C3)cc1. The van der Waals surface area contributed by atoms with Crippen LogP contribution in [0.3, 0.4) is 0 Å². The maximum absolute atomic E-state index is 3.64. The topological polar surface area (TPSA) is 18.5 Å². The van der Waals surface area contributed by atoms with Crippen LogP contribution >= 0.6 is 0 Å². The summed E-state index contributed by atoms with van der Waals surface area (Å²) in [5.74, 6) is 0. The van der Waals surface area contributed by atoms with E-state index in [2.05, 4.69) is 45.4 Å². The number of nitrogens with zero attached hydrogens (tertiary/aromatic N) is 3. The molecule has 0 aromatic heterocycles. The van der Waals surface area contributed by atoms with Gasteiger partial charge in [0.15, 0.2) is 0 Å². The summed E-state index contributed by atoms with van der Waals surface area (Å²) >= 11 is 0. The van der Waals surface area contributed by atoms with Crippen LogP contribution in [0.5, 0.6) is 0 Å². The van der Waals surface area contributed by atoms with Gasteiger partial charge in [0, 0.05) is 12.1 Å². The third kappa shape index (κ3) is 1.77. The Morgan fingerprint density at radius 2 is 2.17 bits per heavy atom. The lowest BCUT2D eigenvalue weighted by molar-refractivity contribution is -0.955. The second kappa shape index (κ2) is 4.03. The minimum Gasteiger partial charge on any atom is -0.294 e. The first-order chi connectivity index (χ1) is 8.83. The van der Waals surface area contributed by atoms with Crippen LogP contribution in [0.15, 0.2) is 30.3 Å². The first-order valence-electron chi connectivity index (χ1n) is 6.89. The maximum Gasteiger partial charge on any atom is 0.137 e. The molecule has 4 rings (SSSR count). The lowest BCUT2D eigenvalue weighted by Gasteiger charge is -2.43. The van der Waals surface area contributed by atoms with Crippen molar-refractivity contribution in [2.75, 3.05) is 39.8 Å². The van der Waals surface area contributed by atoms with E-state index in [0.29, 0.717) is 0 Å². The highest BCUT2D eigenvalue weighted by Gasteiger charge is 2.47. The Bertz CT molecular complexity index is 435. The molecule has 3 saturated heterocycles. The number of fused-ring (bicyclic) bond motifs is 2. The van der Waals surface area contributed by atoms with Crippen molar-refractivity contribution >= 4 is 0 Å². The van der Waals surface area contributed by atoms with Gasteiger partial charge in [-0.25, -0.2) is 4.90 Å². The summed E-state index contributed by atoms with van der Waals surface area (Å²) in [6, 6.07) is 11.7. The smallest absolute Gasteiger partial charge is 0.137 e. The molecule has 3 bridgehead atoms. The predicted octanol–water partition coefficient (Wildman–Crippen LogP) is 0.436. The van der Waals surface area contributed by atoms with Crippen LogP contribution in [-0.2, 0) is 6.54 Å². The molecular formula is C14H21N4+. The summed E-state index contributed by atoms with van der Waals surface area (Å²) in [6.07, 6.45) is 0. The summed E-state index contributed by atoms with van der Waals surface area (Å²) in [4.78, 5) is 5.22. The van der Waals surface area contributed by atoms with Gasteiger partial charge in [-0.2, -0.15) is 0 Å². The van der Waals surface area contributed by atoms with E-state index in [1.165, 1.54) is 29.8 Å². The van der Waals surface area contributed by atoms with Gasteiger partial charge in [-0.15, -0.1) is 0 Å². The minimum atomic E-state index is 0.762. The Labute approximate surface area is 108 Å². The third-order valence-corrected chi connectivity index (χ3v) is 4.59. The van der Waals surface area contributed by atoms with Gasteiger partial charge in [0.1, 0.15) is 19.9 Å². The largest absolute Gasteiger partial charge is 0.294 e. The number of rotatable bonds is 2. The van der Waals surface area contributed by atoms with Gasteiger partial charge in [0.25, 0.3) is 0 Å². The maximum atomic E-state index is 3.64. The molecule has 1 N–H and O–H groups in total. The highest BCUT2D eigenvalue weighted by molar-refractivity contribution is 5.13. The number of hydrogen-bond donors (Lipinski definition) is 1. The average Bonchev–Trinajstić information content (AvgIpc) is 2.59. The number of nitrogens with one attached hydrogen (secondary N) is 1. The molecule has 0 aliphatic carbocycles. The molecule has 4 nitrogen and oxygen atoms in total. The van der Waals surface area contributed by atoms with Crippen molar-refractivity contribution in [3.8, 4) is 0 Å². The Balaban J connectivity index is 1.62. The zero-order valence-electron chi connectivity index (χ0n) is 10.8. The van der Waals surface area contributed by atoms with E-state index in [9.17, 15) is 0 Å². The molecule has 3 aliphatic heterocycles. The molecule has 3 heterocycles. The number of benzene rings is 1. The van der Waals surface area contributed by atoms with E-state index in [1.807, 2.05) is 0 Å². The Morgan fingerprint density at radius 3 is 3.06 bits per heavy atom. The van der Waals surface area contributed by atoms with Gasteiger partial charge in [0.05, 0.1) is 25.9 Å². The fraction of sp³-hybridized carbons (Fsp3) is 0.571. The van der Waals surface area contributed by atoms with Crippen molar-refractivity contribution in [1.29, 1.82) is 0 Å². The molecule has 3 unspecified atom stereocenters. The van der Waals surface area contributed by atoms with E-state index in [1.54, 1.807) is 0 Å². The van der Waals surface area contributed by atoms with Crippen molar-refractivity contribution < 1.29 is 4.48 Å². The van der Waals surface area contributed by atoms with E-state index >= 15 is 0 Å². The van der Waals surface area contributed by atoms with Gasteiger partial charge >= 0.3 is 0 Å². The minimum absolute atomic E-state index is 0.762. The van der Waals surface area contributed by atoms with Crippen molar-refractivity contribution in [1.82, 2.24) is 15.1 Å². The van der Waals surface area contributed by atoms with Crippen LogP contribution in [-0.4, -0.2) is 60.1 Å². The highest BCUT2D eigenvalue weighted by atomic mass is 15.6. The van der Waals surface area contributed by atoms with Crippen LogP contribution in [0.1, 0.15) is 5.56 Å². The molecule has 3 atom stereocenters. The molecular weight excluding hydrogens is 224 g/mol. The predicted molar refractivity (Wildman–Crippen MR) is 70.2 cm³/mol. The van der Waals surface area contributed by atoms with Gasteiger partial charge in [-0.3, -0.25) is 14.7 Å². The molecule has 18 heavy (non-hydrogen) atoms. The molecule has 0 amide bonds. The molecule has 4 heteroatoms. The Kier molecular flexibility index (Phi) is 2.45. The van der Waals surface area contributed by atoms with Gasteiger partial charge in [-0.1, -0.05) is 30.3 Å². The Morgan fingerprint density at radius 1 is 1.28 bits per heavy atom. The summed E-state index contributed by atoms with van der Waals surface area (Å²) in [6.45, 7) is 8.28. The van der Waals surface area contributed by atoms with E-state index in [0.717, 1.165) is 32.6 Å². The van der Waals surface area contributed by atoms with Gasteiger partial charge in [-0.05, 0) is 0 Å². The second-order valence-corrected chi connectivity index (χ2v) is 6.11. The highest BCUT2D eigenvalue weighted by Crippen LogP contribution is 2.29. The first-order valence-corrected chi connectivity index (χ1v) is 6.89. The van der Waals surface area contributed by atoms with E-state index in [4.69, 9.17) is 0 Å². The van der Waals surface area contributed by atoms with Crippen molar-refractivity contribution in [3.63, 3.8) is 0 Å². The Hall–Kier alpha value is -0.940. The number of hydrogen-bond acceptors (Lipinski definition) is 3. The van der Waals surface area contributed by atoms with Gasteiger partial charge < -0.3 is 0 Å². The van der Waals surface area contributed by atoms with E-state index in [-0.39, 0.29) is 0 Å². The standard InChI is InChI=1S/C14H21N4/c1-2-4-13(5-3-1)7-18-8-14-6-16(12-18)11-17(14)9-15-10-18/h1-5,14-15H,6-12H2/q+1. The van der Waals surface area contributed by atoms with Crippen LogP contribution < -0.4 is 5.32 Å². The molecule has 1 aromatic carbocycles. The molecule has 96 valence electrons. The van der Waals surface area contributed by atoms with Gasteiger partial charge in [0.2, 0.25) is 0 Å². The lowest BCUT2D eigenvalue weighted by atomic mass is 10.1. The summed E-state index contributed by atoms with van der Waals surface area (Å²) in [7, 11) is 0. The molecule has 0 saturated carbocycles. The van der Waals surface area contributed by atoms with E-state index < -0.39 is 0 Å². The van der Waals surface area contributed by atoms with Crippen molar-refractivity contribution in [2.45, 2.75) is 12.6 Å². The zero-order chi connectivity index (χ0) is 12.0. The number of quaternary nitrogens is 1. The van der Waals surface area contributed by atoms with Crippen LogP contribution in [0.4, 0.5) is 0 Å². The fourth-order valence-corrected chi connectivity index (χ4v) is 3.91. The fourth-order valence-electron chi connectivity index (χ4n) is 3.91. The lowest BCUT2D eigenvalue weighted by Crippen LogP contribution is -2.61. The van der Waals surface area contributed by atoms with Crippen LogP contribution in [0, 0.1) is 0 Å². The molecule has 0 radical (unpaired) electrons. The average molecular weight is 245 g/mol. The third-order valence-electron chi connectivity index (χ3n) is 4.59. The normalized spacial score (nSPS) is 38.9. The summed E-state index contributed by atoms with van der Waals surface area (Å²) in [5, 5.41) is 3.64. The second-order valence-electron chi connectivity index (χ2n) is 6.11. The summed E-state index contributed by atoms with van der Waals surface area (Å²) < 4.78 is 1.19. The van der Waals surface area contributed by atoms with Crippen LogP contribution in [0.2, 0.25) is 0 Å². The first kappa shape index (κ1) is 10.9. The molecule has 3 fully saturated rings.